The van der Waals surface area contributed by atoms with E-state index in [2.05, 4.69) is 10.3 Å². The fraction of sp³-hybridized carbons (Fsp3) is 0.333. The summed E-state index contributed by atoms with van der Waals surface area (Å²) in [6, 6.07) is 11.6. The molecule has 5 nitrogen and oxygen atoms in total. The van der Waals surface area contributed by atoms with Crippen LogP contribution in [-0.2, 0) is 22.7 Å². The first-order chi connectivity index (χ1) is 11.3. The van der Waals surface area contributed by atoms with Crippen LogP contribution in [0.3, 0.4) is 0 Å². The van der Waals surface area contributed by atoms with Crippen molar-refractivity contribution in [1.82, 2.24) is 10.3 Å². The van der Waals surface area contributed by atoms with Gasteiger partial charge in [0.05, 0.1) is 0 Å². The number of hydrogen-bond acceptors (Lipinski definition) is 4. The topological polar surface area (TPSA) is 60.5 Å². The molecule has 0 saturated carbocycles. The lowest BCUT2D eigenvalue weighted by Crippen LogP contribution is -2.33. The Kier molecular flexibility index (Phi) is 5.21. The van der Waals surface area contributed by atoms with Crippen LogP contribution in [0.4, 0.5) is 0 Å². The smallest absolute Gasteiger partial charge is 0.249 e. The first-order valence-electron chi connectivity index (χ1n) is 7.81. The number of ether oxygens (including phenoxy) is 2. The van der Waals surface area contributed by atoms with Gasteiger partial charge in [-0.3, -0.25) is 9.78 Å². The van der Waals surface area contributed by atoms with Crippen molar-refractivity contribution in [3.63, 3.8) is 0 Å². The highest BCUT2D eigenvalue weighted by Gasteiger charge is 2.22. The molecule has 1 saturated heterocycles. The molecule has 1 aliphatic rings. The minimum atomic E-state index is -0.280. The van der Waals surface area contributed by atoms with E-state index in [0.29, 0.717) is 19.8 Å². The van der Waals surface area contributed by atoms with Crippen LogP contribution in [-0.4, -0.2) is 23.6 Å². The Labute approximate surface area is 135 Å². The van der Waals surface area contributed by atoms with Crippen molar-refractivity contribution in [2.24, 2.45) is 0 Å². The van der Waals surface area contributed by atoms with Gasteiger partial charge in [0, 0.05) is 31.1 Å². The van der Waals surface area contributed by atoms with Crippen LogP contribution in [0.25, 0.3) is 0 Å². The molecule has 1 fully saturated rings. The monoisotopic (exact) mass is 312 g/mol. The Morgan fingerprint density at radius 2 is 2.13 bits per heavy atom. The van der Waals surface area contributed by atoms with Crippen molar-refractivity contribution in [2.75, 3.05) is 6.61 Å². The van der Waals surface area contributed by atoms with E-state index in [1.165, 1.54) is 0 Å². The molecule has 1 N–H and O–H groups in total. The largest absolute Gasteiger partial charge is 0.489 e. The molecule has 0 aliphatic carbocycles. The predicted octanol–water partition coefficient (Wildman–Crippen LogP) is 2.46. The molecule has 2 heterocycles. The van der Waals surface area contributed by atoms with Crippen LogP contribution < -0.4 is 10.1 Å². The van der Waals surface area contributed by atoms with Gasteiger partial charge in [0.1, 0.15) is 18.5 Å². The minimum absolute atomic E-state index is 0.0283. The highest BCUT2D eigenvalue weighted by molar-refractivity contribution is 5.80. The van der Waals surface area contributed by atoms with E-state index in [4.69, 9.17) is 9.47 Å². The van der Waals surface area contributed by atoms with E-state index in [0.717, 1.165) is 29.7 Å². The number of nitrogens with zero attached hydrogens (tertiary/aromatic N) is 1. The van der Waals surface area contributed by atoms with E-state index in [1.807, 2.05) is 36.4 Å². The SMILES string of the molecule is O=C(NCc1ccc(OCc2cccnc2)cc1)[C@@H]1CCCO1. The standard InChI is InChI=1S/C18H20N2O3/c21-18(17-4-2-10-22-17)20-12-14-5-7-16(8-6-14)23-13-15-3-1-9-19-11-15/h1,3,5-9,11,17H,2,4,10,12-13H2,(H,20,21)/t17-/m0/s1. The summed E-state index contributed by atoms with van der Waals surface area (Å²) in [5, 5.41) is 2.91. The van der Waals surface area contributed by atoms with Gasteiger partial charge < -0.3 is 14.8 Å². The summed E-state index contributed by atoms with van der Waals surface area (Å²) in [7, 11) is 0. The minimum Gasteiger partial charge on any atom is -0.489 e. The number of rotatable bonds is 6. The maximum Gasteiger partial charge on any atom is 0.249 e. The van der Waals surface area contributed by atoms with Crippen molar-refractivity contribution in [3.8, 4) is 5.75 Å². The van der Waals surface area contributed by atoms with Crippen LogP contribution in [0.15, 0.2) is 48.8 Å². The summed E-state index contributed by atoms with van der Waals surface area (Å²) >= 11 is 0. The third kappa shape index (κ3) is 4.53. The quantitative estimate of drug-likeness (QED) is 0.890. The molecule has 5 heteroatoms. The molecule has 0 unspecified atom stereocenters. The molecule has 1 aromatic carbocycles. The van der Waals surface area contributed by atoms with Gasteiger partial charge in [-0.15, -0.1) is 0 Å². The van der Waals surface area contributed by atoms with E-state index < -0.39 is 0 Å². The highest BCUT2D eigenvalue weighted by atomic mass is 16.5. The first-order valence-corrected chi connectivity index (χ1v) is 7.81. The number of benzene rings is 1. The molecule has 2 aromatic rings. The summed E-state index contributed by atoms with van der Waals surface area (Å²) in [6.45, 7) is 1.67. The highest BCUT2D eigenvalue weighted by Crippen LogP contribution is 2.15. The second kappa shape index (κ2) is 7.74. The van der Waals surface area contributed by atoms with Crippen molar-refractivity contribution < 1.29 is 14.3 Å². The van der Waals surface area contributed by atoms with Gasteiger partial charge >= 0.3 is 0 Å². The molecular formula is C18H20N2O3. The van der Waals surface area contributed by atoms with Gasteiger partial charge in [-0.05, 0) is 36.6 Å². The van der Waals surface area contributed by atoms with Gasteiger partial charge in [0.15, 0.2) is 0 Å². The van der Waals surface area contributed by atoms with Crippen LogP contribution >= 0.6 is 0 Å². The Bertz CT molecular complexity index is 622. The molecule has 3 rings (SSSR count). The van der Waals surface area contributed by atoms with Crippen LogP contribution in [0, 0.1) is 0 Å². The number of carbonyl (C=O) groups excluding carboxylic acids is 1. The van der Waals surface area contributed by atoms with Crippen LogP contribution in [0.5, 0.6) is 5.75 Å². The number of carbonyl (C=O) groups is 1. The van der Waals surface area contributed by atoms with Gasteiger partial charge in [-0.1, -0.05) is 18.2 Å². The molecule has 0 radical (unpaired) electrons. The lowest BCUT2D eigenvalue weighted by atomic mass is 10.2. The van der Waals surface area contributed by atoms with Gasteiger partial charge in [0.2, 0.25) is 5.91 Å². The molecule has 1 aliphatic heterocycles. The molecule has 0 spiro atoms. The first kappa shape index (κ1) is 15.5. The molecule has 1 atom stereocenters. The van der Waals surface area contributed by atoms with Gasteiger partial charge in [-0.2, -0.15) is 0 Å². The van der Waals surface area contributed by atoms with Gasteiger partial charge in [-0.25, -0.2) is 0 Å². The van der Waals surface area contributed by atoms with Gasteiger partial charge in [0.25, 0.3) is 0 Å². The fourth-order valence-electron chi connectivity index (χ4n) is 2.44. The third-order valence-electron chi connectivity index (χ3n) is 3.74. The van der Waals surface area contributed by atoms with Crippen molar-refractivity contribution in [1.29, 1.82) is 0 Å². The van der Waals surface area contributed by atoms with Crippen LogP contribution in [0.2, 0.25) is 0 Å². The third-order valence-corrected chi connectivity index (χ3v) is 3.74. The van der Waals surface area contributed by atoms with E-state index in [1.54, 1.807) is 12.4 Å². The molecule has 23 heavy (non-hydrogen) atoms. The van der Waals surface area contributed by atoms with Crippen LogP contribution in [0.1, 0.15) is 24.0 Å². The average molecular weight is 312 g/mol. The Morgan fingerprint density at radius 1 is 1.26 bits per heavy atom. The fourth-order valence-corrected chi connectivity index (χ4v) is 2.44. The summed E-state index contributed by atoms with van der Waals surface area (Å²) < 4.78 is 11.1. The summed E-state index contributed by atoms with van der Waals surface area (Å²) in [4.78, 5) is 15.9. The number of nitrogens with one attached hydrogen (secondary N) is 1. The Morgan fingerprint density at radius 3 is 2.83 bits per heavy atom. The number of pyridine rings is 1. The van der Waals surface area contributed by atoms with Crippen molar-refractivity contribution >= 4 is 5.91 Å². The second-order valence-electron chi connectivity index (χ2n) is 5.51. The Balaban J connectivity index is 1.46. The van der Waals surface area contributed by atoms with E-state index in [-0.39, 0.29) is 12.0 Å². The summed E-state index contributed by atoms with van der Waals surface area (Å²) in [6.07, 6.45) is 5.02. The summed E-state index contributed by atoms with van der Waals surface area (Å²) in [5.41, 5.74) is 2.06. The molecule has 1 amide bonds. The zero-order chi connectivity index (χ0) is 15.9. The number of amides is 1. The van der Waals surface area contributed by atoms with E-state index >= 15 is 0 Å². The lowest BCUT2D eigenvalue weighted by Gasteiger charge is -2.11. The average Bonchev–Trinajstić information content (AvgIpc) is 3.14. The maximum absolute atomic E-state index is 11.9. The van der Waals surface area contributed by atoms with Crippen molar-refractivity contribution in [2.45, 2.75) is 32.1 Å². The lowest BCUT2D eigenvalue weighted by molar-refractivity contribution is -0.130. The predicted molar refractivity (Wildman–Crippen MR) is 85.8 cm³/mol. The summed E-state index contributed by atoms with van der Waals surface area (Å²) in [5.74, 6) is 0.766. The zero-order valence-electron chi connectivity index (χ0n) is 12.9. The zero-order valence-corrected chi connectivity index (χ0v) is 12.9. The number of hydrogen-bond donors (Lipinski definition) is 1. The van der Waals surface area contributed by atoms with E-state index in [9.17, 15) is 4.79 Å². The maximum atomic E-state index is 11.9. The molecular weight excluding hydrogens is 292 g/mol. The number of aromatic nitrogens is 1. The molecule has 0 bridgehead atoms. The Hall–Kier alpha value is -2.40. The van der Waals surface area contributed by atoms with Crippen molar-refractivity contribution in [3.05, 3.63) is 59.9 Å². The molecule has 1 aromatic heterocycles. The molecule has 120 valence electrons. The normalized spacial score (nSPS) is 17.0. The second-order valence-corrected chi connectivity index (χ2v) is 5.51.